The second-order valence-corrected chi connectivity index (χ2v) is 7.56. The maximum absolute atomic E-state index is 12.1. The van der Waals surface area contributed by atoms with Gasteiger partial charge in [-0.15, -0.1) is 11.3 Å². The monoisotopic (exact) mass is 364 g/mol. The summed E-state index contributed by atoms with van der Waals surface area (Å²) in [6.45, 7) is 3.08. The summed E-state index contributed by atoms with van der Waals surface area (Å²) in [5, 5.41) is 6.85. The van der Waals surface area contributed by atoms with Crippen LogP contribution in [0.1, 0.15) is 35.1 Å². The molecule has 0 radical (unpaired) electrons. The molecule has 6 nitrogen and oxygen atoms in total. The Bertz CT molecular complexity index is 699. The first kappa shape index (κ1) is 17.1. The SMILES string of the molecule is Cc1csc(CC(=O)NNC(=O)CN2CCCC2c2ccsc2)n1. The van der Waals surface area contributed by atoms with E-state index in [1.807, 2.05) is 12.3 Å². The predicted octanol–water partition coefficient (Wildman–Crippen LogP) is 2.04. The summed E-state index contributed by atoms with van der Waals surface area (Å²) < 4.78 is 0. The molecule has 0 aliphatic carbocycles. The molecule has 1 unspecified atom stereocenters. The van der Waals surface area contributed by atoms with E-state index in [0.29, 0.717) is 6.04 Å². The highest BCUT2D eigenvalue weighted by Crippen LogP contribution is 2.32. The van der Waals surface area contributed by atoms with Crippen molar-refractivity contribution in [2.24, 2.45) is 0 Å². The van der Waals surface area contributed by atoms with Crippen LogP contribution in [0.2, 0.25) is 0 Å². The number of thiophene rings is 1. The van der Waals surface area contributed by atoms with Crippen LogP contribution in [0.25, 0.3) is 0 Å². The highest BCUT2D eigenvalue weighted by atomic mass is 32.1. The molecule has 1 saturated heterocycles. The smallest absolute Gasteiger partial charge is 0.252 e. The molecule has 1 aliphatic heterocycles. The zero-order valence-corrected chi connectivity index (χ0v) is 15.1. The second-order valence-electron chi connectivity index (χ2n) is 5.84. The number of hydrogen-bond acceptors (Lipinski definition) is 6. The maximum Gasteiger partial charge on any atom is 0.252 e. The predicted molar refractivity (Wildman–Crippen MR) is 94.7 cm³/mol. The van der Waals surface area contributed by atoms with Crippen molar-refractivity contribution in [1.82, 2.24) is 20.7 Å². The topological polar surface area (TPSA) is 74.3 Å². The number of carbonyl (C=O) groups excluding carboxylic acids is 2. The van der Waals surface area contributed by atoms with Crippen LogP contribution < -0.4 is 10.9 Å². The summed E-state index contributed by atoms with van der Waals surface area (Å²) in [5.74, 6) is -0.450. The van der Waals surface area contributed by atoms with Crippen molar-refractivity contribution in [2.45, 2.75) is 32.2 Å². The largest absolute Gasteiger partial charge is 0.287 e. The zero-order chi connectivity index (χ0) is 16.9. The standard InChI is InChI=1S/C16H20N4O2S2/c1-11-9-24-16(17-11)7-14(21)18-19-15(22)8-20-5-2-3-13(20)12-4-6-23-10-12/h4,6,9-10,13H,2-3,5,7-8H2,1H3,(H,18,21)(H,19,22). The van der Waals surface area contributed by atoms with Crippen LogP contribution >= 0.6 is 22.7 Å². The Balaban J connectivity index is 1.44. The molecule has 2 amide bonds. The summed E-state index contributed by atoms with van der Waals surface area (Å²) in [6.07, 6.45) is 2.34. The van der Waals surface area contributed by atoms with Crippen molar-refractivity contribution < 1.29 is 9.59 Å². The van der Waals surface area contributed by atoms with Gasteiger partial charge in [0, 0.05) is 17.1 Å². The Morgan fingerprint density at radius 1 is 1.33 bits per heavy atom. The minimum atomic E-state index is -0.256. The molecule has 2 aromatic heterocycles. The molecule has 2 N–H and O–H groups in total. The fourth-order valence-corrected chi connectivity index (χ4v) is 4.36. The van der Waals surface area contributed by atoms with Crippen molar-refractivity contribution in [3.05, 3.63) is 38.5 Å². The fraction of sp³-hybridized carbons (Fsp3) is 0.438. The Morgan fingerprint density at radius 3 is 2.88 bits per heavy atom. The molecular formula is C16H20N4O2S2. The molecule has 0 aromatic carbocycles. The number of hydrogen-bond donors (Lipinski definition) is 2. The van der Waals surface area contributed by atoms with Gasteiger partial charge in [-0.1, -0.05) is 0 Å². The van der Waals surface area contributed by atoms with E-state index >= 15 is 0 Å². The quantitative estimate of drug-likeness (QED) is 0.796. The summed E-state index contributed by atoms with van der Waals surface area (Å²) in [5.41, 5.74) is 7.14. The van der Waals surface area contributed by atoms with E-state index in [0.717, 1.165) is 30.1 Å². The molecule has 3 rings (SSSR count). The van der Waals surface area contributed by atoms with Crippen LogP contribution in [0.3, 0.4) is 0 Å². The first-order valence-electron chi connectivity index (χ1n) is 7.86. The number of carbonyl (C=O) groups is 2. The third-order valence-electron chi connectivity index (χ3n) is 3.96. The molecule has 1 fully saturated rings. The van der Waals surface area contributed by atoms with E-state index in [2.05, 4.69) is 37.6 Å². The Morgan fingerprint density at radius 2 is 2.17 bits per heavy atom. The van der Waals surface area contributed by atoms with E-state index in [-0.39, 0.29) is 24.8 Å². The van der Waals surface area contributed by atoms with E-state index in [1.54, 1.807) is 11.3 Å². The van der Waals surface area contributed by atoms with Crippen molar-refractivity contribution in [2.75, 3.05) is 13.1 Å². The maximum atomic E-state index is 12.1. The lowest BCUT2D eigenvalue weighted by molar-refractivity contribution is -0.129. The van der Waals surface area contributed by atoms with Crippen LogP contribution in [0, 0.1) is 6.92 Å². The van der Waals surface area contributed by atoms with E-state index in [9.17, 15) is 9.59 Å². The highest BCUT2D eigenvalue weighted by Gasteiger charge is 2.27. The average molecular weight is 364 g/mol. The molecule has 0 bridgehead atoms. The number of nitrogens with zero attached hydrogens (tertiary/aromatic N) is 2. The van der Waals surface area contributed by atoms with Gasteiger partial charge in [0.1, 0.15) is 5.01 Å². The minimum Gasteiger partial charge on any atom is -0.287 e. The van der Waals surface area contributed by atoms with E-state index in [4.69, 9.17) is 0 Å². The normalized spacial score (nSPS) is 17.8. The number of nitrogens with one attached hydrogen (secondary N) is 2. The lowest BCUT2D eigenvalue weighted by Gasteiger charge is -2.23. The fourth-order valence-electron chi connectivity index (χ4n) is 2.89. The Kier molecular flexibility index (Phi) is 5.60. The molecule has 24 heavy (non-hydrogen) atoms. The molecule has 128 valence electrons. The summed E-state index contributed by atoms with van der Waals surface area (Å²) >= 11 is 3.12. The van der Waals surface area contributed by atoms with Gasteiger partial charge >= 0.3 is 0 Å². The number of thiazole rings is 1. The molecular weight excluding hydrogens is 344 g/mol. The molecule has 1 aliphatic rings. The van der Waals surface area contributed by atoms with Crippen LogP contribution in [0.5, 0.6) is 0 Å². The zero-order valence-electron chi connectivity index (χ0n) is 13.4. The van der Waals surface area contributed by atoms with Gasteiger partial charge in [-0.2, -0.15) is 11.3 Å². The van der Waals surface area contributed by atoms with Crippen molar-refractivity contribution in [3.8, 4) is 0 Å². The average Bonchev–Trinajstić information content (AvgIpc) is 3.27. The molecule has 2 aromatic rings. The summed E-state index contributed by atoms with van der Waals surface area (Å²) in [7, 11) is 0. The lowest BCUT2D eigenvalue weighted by atomic mass is 10.1. The number of aromatic nitrogens is 1. The lowest BCUT2D eigenvalue weighted by Crippen LogP contribution is -2.46. The summed E-state index contributed by atoms with van der Waals surface area (Å²) in [6, 6.07) is 2.42. The van der Waals surface area contributed by atoms with Crippen LogP contribution in [-0.2, 0) is 16.0 Å². The van der Waals surface area contributed by atoms with Crippen molar-refractivity contribution >= 4 is 34.5 Å². The second kappa shape index (κ2) is 7.87. The van der Waals surface area contributed by atoms with Gasteiger partial charge in [0.05, 0.1) is 13.0 Å². The first-order valence-corrected chi connectivity index (χ1v) is 9.69. The van der Waals surface area contributed by atoms with Gasteiger partial charge in [0.25, 0.3) is 5.91 Å². The number of aryl methyl sites for hydroxylation is 1. The van der Waals surface area contributed by atoms with Gasteiger partial charge in [-0.3, -0.25) is 25.3 Å². The number of hydrazine groups is 1. The Hall–Kier alpha value is -1.77. The van der Waals surface area contributed by atoms with E-state index in [1.165, 1.54) is 16.9 Å². The van der Waals surface area contributed by atoms with Crippen molar-refractivity contribution in [3.63, 3.8) is 0 Å². The van der Waals surface area contributed by atoms with Gasteiger partial charge in [-0.05, 0) is 48.7 Å². The molecule has 0 spiro atoms. The molecule has 8 heteroatoms. The van der Waals surface area contributed by atoms with Gasteiger partial charge in [0.15, 0.2) is 0 Å². The van der Waals surface area contributed by atoms with Gasteiger partial charge < -0.3 is 0 Å². The molecule has 0 saturated carbocycles. The number of likely N-dealkylation sites (tertiary alicyclic amines) is 1. The third-order valence-corrected chi connectivity index (χ3v) is 5.63. The van der Waals surface area contributed by atoms with E-state index < -0.39 is 0 Å². The van der Waals surface area contributed by atoms with Gasteiger partial charge in [-0.25, -0.2) is 4.98 Å². The van der Waals surface area contributed by atoms with Crippen LogP contribution in [0.15, 0.2) is 22.2 Å². The molecule has 1 atom stereocenters. The minimum absolute atomic E-state index is 0.181. The molecule has 3 heterocycles. The third kappa shape index (κ3) is 4.40. The first-order chi connectivity index (χ1) is 11.6. The number of rotatable bonds is 5. The van der Waals surface area contributed by atoms with Crippen LogP contribution in [0.4, 0.5) is 0 Å². The van der Waals surface area contributed by atoms with Crippen molar-refractivity contribution in [1.29, 1.82) is 0 Å². The highest BCUT2D eigenvalue weighted by molar-refractivity contribution is 7.09. The number of amides is 2. The summed E-state index contributed by atoms with van der Waals surface area (Å²) in [4.78, 5) is 30.3. The van der Waals surface area contributed by atoms with Crippen LogP contribution in [-0.4, -0.2) is 34.8 Å². The van der Waals surface area contributed by atoms with Gasteiger partial charge in [0.2, 0.25) is 5.91 Å². The Labute approximate surface area is 148 Å².